The number of imidazole rings is 1. The smallest absolute Gasteiger partial charge is 0.139 e. The predicted molar refractivity (Wildman–Crippen MR) is 89.5 cm³/mol. The third-order valence-electron chi connectivity index (χ3n) is 3.30. The molecule has 1 aromatic carbocycles. The maximum atomic E-state index is 13.7. The second kappa shape index (κ2) is 7.14. The van der Waals surface area contributed by atoms with E-state index >= 15 is 0 Å². The van der Waals surface area contributed by atoms with Gasteiger partial charge in [0.15, 0.2) is 0 Å². The van der Waals surface area contributed by atoms with Gasteiger partial charge in [0, 0.05) is 24.4 Å². The van der Waals surface area contributed by atoms with Gasteiger partial charge in [0.2, 0.25) is 0 Å². The number of hydrogen-bond donors (Lipinski definition) is 0. The van der Waals surface area contributed by atoms with Crippen LogP contribution >= 0.6 is 39.3 Å². The SMILES string of the molecule is CSCCC(C)n1c(CCCl)nc2cc(F)c(Br)cc21. The van der Waals surface area contributed by atoms with Crippen LogP contribution in [-0.2, 0) is 6.42 Å². The minimum absolute atomic E-state index is 0.281. The van der Waals surface area contributed by atoms with Gasteiger partial charge in [0.25, 0.3) is 0 Å². The number of fused-ring (bicyclic) bond motifs is 1. The monoisotopic (exact) mass is 378 g/mol. The molecule has 0 bridgehead atoms. The fourth-order valence-corrected chi connectivity index (χ4v) is 3.39. The number of thioether (sulfide) groups is 1. The molecule has 0 saturated heterocycles. The summed E-state index contributed by atoms with van der Waals surface area (Å²) in [6.07, 6.45) is 3.85. The molecule has 0 aliphatic carbocycles. The van der Waals surface area contributed by atoms with Gasteiger partial charge in [0.1, 0.15) is 11.6 Å². The van der Waals surface area contributed by atoms with Gasteiger partial charge in [-0.15, -0.1) is 11.6 Å². The first kappa shape index (κ1) is 16.1. The largest absolute Gasteiger partial charge is 0.325 e. The average Bonchev–Trinajstić information content (AvgIpc) is 2.74. The van der Waals surface area contributed by atoms with E-state index in [1.165, 1.54) is 6.07 Å². The number of alkyl halides is 1. The molecule has 0 spiro atoms. The standard InChI is InChI=1S/C14H17BrClFN2S/c1-9(4-6-20-2)19-13-7-10(15)11(17)8-12(13)18-14(19)3-5-16/h7-9H,3-6H2,1-2H3. The van der Waals surface area contributed by atoms with Crippen LogP contribution in [0, 0.1) is 5.82 Å². The van der Waals surface area contributed by atoms with Crippen molar-refractivity contribution in [2.75, 3.05) is 17.9 Å². The number of aryl methyl sites for hydroxylation is 1. The van der Waals surface area contributed by atoms with E-state index in [2.05, 4.69) is 38.7 Å². The van der Waals surface area contributed by atoms with Crippen molar-refractivity contribution in [1.29, 1.82) is 0 Å². The minimum Gasteiger partial charge on any atom is -0.325 e. The van der Waals surface area contributed by atoms with Crippen molar-refractivity contribution >= 4 is 50.3 Å². The maximum absolute atomic E-state index is 13.7. The number of benzene rings is 1. The molecule has 20 heavy (non-hydrogen) atoms. The van der Waals surface area contributed by atoms with Crippen LogP contribution in [0.25, 0.3) is 11.0 Å². The fourth-order valence-electron chi connectivity index (χ4n) is 2.31. The van der Waals surface area contributed by atoms with Crippen molar-refractivity contribution in [1.82, 2.24) is 9.55 Å². The summed E-state index contributed by atoms with van der Waals surface area (Å²) < 4.78 is 16.3. The summed E-state index contributed by atoms with van der Waals surface area (Å²) >= 11 is 10.9. The molecule has 0 aliphatic heterocycles. The Morgan fingerprint density at radius 3 is 2.90 bits per heavy atom. The third-order valence-corrected chi connectivity index (χ3v) is 4.74. The highest BCUT2D eigenvalue weighted by Crippen LogP contribution is 2.28. The lowest BCUT2D eigenvalue weighted by Gasteiger charge is -2.17. The van der Waals surface area contributed by atoms with Gasteiger partial charge >= 0.3 is 0 Å². The quantitative estimate of drug-likeness (QED) is 0.655. The summed E-state index contributed by atoms with van der Waals surface area (Å²) in [6.45, 7) is 2.17. The zero-order valence-electron chi connectivity index (χ0n) is 11.5. The van der Waals surface area contributed by atoms with Gasteiger partial charge in [-0.2, -0.15) is 11.8 Å². The minimum atomic E-state index is -0.281. The van der Waals surface area contributed by atoms with Gasteiger partial charge in [-0.3, -0.25) is 0 Å². The van der Waals surface area contributed by atoms with Gasteiger partial charge in [-0.1, -0.05) is 0 Å². The zero-order chi connectivity index (χ0) is 14.7. The number of aromatic nitrogens is 2. The molecule has 2 rings (SSSR count). The number of hydrogen-bond acceptors (Lipinski definition) is 2. The van der Waals surface area contributed by atoms with Crippen molar-refractivity contribution in [2.24, 2.45) is 0 Å². The molecule has 1 atom stereocenters. The fraction of sp³-hybridized carbons (Fsp3) is 0.500. The topological polar surface area (TPSA) is 17.8 Å². The van der Waals surface area contributed by atoms with Crippen LogP contribution < -0.4 is 0 Å². The lowest BCUT2D eigenvalue weighted by Crippen LogP contribution is -2.11. The van der Waals surface area contributed by atoms with Gasteiger partial charge in [-0.05, 0) is 47.3 Å². The molecule has 0 saturated carbocycles. The molecule has 6 heteroatoms. The Morgan fingerprint density at radius 1 is 1.50 bits per heavy atom. The van der Waals surface area contributed by atoms with E-state index < -0.39 is 0 Å². The summed E-state index contributed by atoms with van der Waals surface area (Å²) in [5.41, 5.74) is 1.66. The summed E-state index contributed by atoms with van der Waals surface area (Å²) in [4.78, 5) is 4.54. The summed E-state index contributed by atoms with van der Waals surface area (Å²) in [5, 5.41) is 0. The average molecular weight is 380 g/mol. The molecule has 0 radical (unpaired) electrons. The highest BCUT2D eigenvalue weighted by atomic mass is 79.9. The Hall–Kier alpha value is -0.260. The molecular formula is C14H17BrClFN2S. The third kappa shape index (κ3) is 3.31. The zero-order valence-corrected chi connectivity index (χ0v) is 14.7. The molecule has 0 fully saturated rings. The first-order chi connectivity index (χ1) is 9.58. The van der Waals surface area contributed by atoms with E-state index in [0.29, 0.717) is 28.3 Å². The van der Waals surface area contributed by atoms with E-state index in [-0.39, 0.29) is 5.82 Å². The van der Waals surface area contributed by atoms with Crippen LogP contribution in [0.4, 0.5) is 4.39 Å². The molecule has 2 aromatic rings. The van der Waals surface area contributed by atoms with Crippen LogP contribution in [0.3, 0.4) is 0 Å². The maximum Gasteiger partial charge on any atom is 0.139 e. The summed E-state index contributed by atoms with van der Waals surface area (Å²) in [5.74, 6) is 2.25. The molecule has 1 heterocycles. The van der Waals surface area contributed by atoms with Crippen molar-refractivity contribution in [3.63, 3.8) is 0 Å². The van der Waals surface area contributed by atoms with E-state index in [9.17, 15) is 4.39 Å². The summed E-state index contributed by atoms with van der Waals surface area (Å²) in [6, 6.07) is 3.61. The second-order valence-electron chi connectivity index (χ2n) is 4.72. The molecule has 2 nitrogen and oxygen atoms in total. The van der Waals surface area contributed by atoms with Crippen molar-refractivity contribution in [2.45, 2.75) is 25.8 Å². The highest BCUT2D eigenvalue weighted by Gasteiger charge is 2.17. The first-order valence-electron chi connectivity index (χ1n) is 6.49. The van der Waals surface area contributed by atoms with Gasteiger partial charge in [-0.25, -0.2) is 9.37 Å². The Morgan fingerprint density at radius 2 is 2.25 bits per heavy atom. The van der Waals surface area contributed by atoms with Crippen LogP contribution in [0.5, 0.6) is 0 Å². The lowest BCUT2D eigenvalue weighted by molar-refractivity contribution is 0.528. The Balaban J connectivity index is 2.52. The Bertz CT molecular complexity index is 602. The molecular weight excluding hydrogens is 363 g/mol. The molecule has 0 amide bonds. The highest BCUT2D eigenvalue weighted by molar-refractivity contribution is 9.10. The molecule has 0 N–H and O–H groups in total. The molecule has 0 aliphatic rings. The normalized spacial score (nSPS) is 13.1. The van der Waals surface area contributed by atoms with Crippen LogP contribution in [0.1, 0.15) is 25.2 Å². The number of rotatable bonds is 6. The van der Waals surface area contributed by atoms with Crippen molar-refractivity contribution in [3.05, 3.63) is 28.2 Å². The van der Waals surface area contributed by atoms with E-state index in [0.717, 1.165) is 23.5 Å². The van der Waals surface area contributed by atoms with Crippen molar-refractivity contribution in [3.8, 4) is 0 Å². The second-order valence-corrected chi connectivity index (χ2v) is 6.94. The van der Waals surface area contributed by atoms with Crippen LogP contribution in [-0.4, -0.2) is 27.4 Å². The van der Waals surface area contributed by atoms with Crippen LogP contribution in [0.2, 0.25) is 0 Å². The molecule has 1 aromatic heterocycles. The first-order valence-corrected chi connectivity index (χ1v) is 9.21. The lowest BCUT2D eigenvalue weighted by atomic mass is 10.2. The van der Waals surface area contributed by atoms with Gasteiger partial charge < -0.3 is 4.57 Å². The predicted octanol–water partition coefficient (Wildman–Crippen LogP) is 5.03. The Labute approximate surface area is 136 Å². The Kier molecular flexibility index (Phi) is 5.75. The van der Waals surface area contributed by atoms with E-state index in [4.69, 9.17) is 11.6 Å². The van der Waals surface area contributed by atoms with E-state index in [1.807, 2.05) is 17.8 Å². The summed E-state index contributed by atoms with van der Waals surface area (Å²) in [7, 11) is 0. The molecule has 1 unspecified atom stereocenters. The van der Waals surface area contributed by atoms with E-state index in [1.54, 1.807) is 0 Å². The van der Waals surface area contributed by atoms with Crippen molar-refractivity contribution < 1.29 is 4.39 Å². The number of nitrogens with zero attached hydrogens (tertiary/aromatic N) is 2. The van der Waals surface area contributed by atoms with Crippen LogP contribution in [0.15, 0.2) is 16.6 Å². The molecule has 110 valence electrons. The van der Waals surface area contributed by atoms with Gasteiger partial charge in [0.05, 0.1) is 15.5 Å². The number of halogens is 3.